The number of phenolic OH excluding ortho intramolecular Hbond substituents is 1. The summed E-state index contributed by atoms with van der Waals surface area (Å²) in [6.45, 7) is 0.0735. The zero-order valence-electron chi connectivity index (χ0n) is 21.0. The summed E-state index contributed by atoms with van der Waals surface area (Å²) >= 11 is 6.82. The molecule has 0 atom stereocenters. The second kappa shape index (κ2) is 12.1. The Labute approximate surface area is 248 Å². The van der Waals surface area contributed by atoms with E-state index in [9.17, 15) is 18.7 Å². The third-order valence-corrected chi connectivity index (χ3v) is 7.55. The fourth-order valence-corrected chi connectivity index (χ4v) is 5.21. The standard InChI is InChI=1S/C16H12BrFN2O3.C13H8BrFN2O/c17-15-13(23-8-7-14(21)22)6-1-10-9-19-20(16(10)15)12-4-2-11(18)3-5-12;14-12-11(18)6-1-8-7-16-17(13(8)12)10-4-2-9(15)3-5-10/h1-6,9H,7-8H2,(H,21,22);1-7,18H. The van der Waals surface area contributed by atoms with E-state index in [1.54, 1.807) is 64.2 Å². The SMILES string of the molecule is O=C(O)CCOc1ccc2cnn(-c3ccc(F)cc3)c2c1Br.Oc1ccc2cnn(-c3ccc(F)cc3)c2c1Br. The minimum atomic E-state index is -0.918. The van der Waals surface area contributed by atoms with Gasteiger partial charge < -0.3 is 14.9 Å². The van der Waals surface area contributed by atoms with Crippen LogP contribution in [0.3, 0.4) is 0 Å². The summed E-state index contributed by atoms with van der Waals surface area (Å²) in [7, 11) is 0. The summed E-state index contributed by atoms with van der Waals surface area (Å²) in [5, 5.41) is 28.7. The first-order valence-electron chi connectivity index (χ1n) is 12.1. The van der Waals surface area contributed by atoms with Gasteiger partial charge in [0.2, 0.25) is 0 Å². The molecule has 6 aromatic rings. The number of nitrogens with zero attached hydrogens (tertiary/aromatic N) is 4. The van der Waals surface area contributed by atoms with Gasteiger partial charge in [0, 0.05) is 10.8 Å². The minimum Gasteiger partial charge on any atom is -0.507 e. The molecular formula is C29H20Br2F2N4O4. The average Bonchev–Trinajstić information content (AvgIpc) is 3.59. The van der Waals surface area contributed by atoms with Crippen molar-refractivity contribution in [3.05, 3.63) is 106 Å². The lowest BCUT2D eigenvalue weighted by atomic mass is 10.2. The highest BCUT2D eigenvalue weighted by molar-refractivity contribution is 9.11. The van der Waals surface area contributed by atoms with Crippen LogP contribution in [0.15, 0.2) is 94.1 Å². The van der Waals surface area contributed by atoms with Gasteiger partial charge in [0.05, 0.1) is 56.8 Å². The number of carbonyl (C=O) groups is 1. The molecule has 0 aliphatic rings. The summed E-state index contributed by atoms with van der Waals surface area (Å²) in [4.78, 5) is 10.6. The first kappa shape index (κ1) is 28.2. The lowest BCUT2D eigenvalue weighted by molar-refractivity contribution is -0.137. The minimum absolute atomic E-state index is 0.0735. The van der Waals surface area contributed by atoms with Crippen LogP contribution in [0.2, 0.25) is 0 Å². The zero-order chi connectivity index (χ0) is 29.1. The molecule has 0 saturated carbocycles. The van der Waals surface area contributed by atoms with E-state index >= 15 is 0 Å². The average molecular weight is 686 g/mol. The first-order chi connectivity index (χ1) is 19.7. The number of aromatic hydroxyl groups is 1. The Hall–Kier alpha value is -4.29. The number of fused-ring (bicyclic) bond motifs is 2. The molecule has 6 rings (SSSR count). The normalized spacial score (nSPS) is 10.9. The van der Waals surface area contributed by atoms with Crippen molar-refractivity contribution in [2.45, 2.75) is 6.42 Å². The highest BCUT2D eigenvalue weighted by Crippen LogP contribution is 2.35. The van der Waals surface area contributed by atoms with Crippen molar-refractivity contribution in [2.75, 3.05) is 6.61 Å². The number of phenols is 1. The molecule has 2 N–H and O–H groups in total. The summed E-state index contributed by atoms with van der Waals surface area (Å²) in [5.74, 6) is -0.855. The molecule has 12 heteroatoms. The molecule has 208 valence electrons. The van der Waals surface area contributed by atoms with Gasteiger partial charge in [-0.15, -0.1) is 0 Å². The van der Waals surface area contributed by atoms with Crippen molar-refractivity contribution in [1.82, 2.24) is 19.6 Å². The summed E-state index contributed by atoms with van der Waals surface area (Å²) < 4.78 is 36.1. The van der Waals surface area contributed by atoms with E-state index in [0.29, 0.717) is 20.4 Å². The molecule has 2 aromatic heterocycles. The predicted octanol–water partition coefficient (Wildman–Crippen LogP) is 7.41. The number of ether oxygens (including phenoxy) is 1. The highest BCUT2D eigenvalue weighted by atomic mass is 79.9. The van der Waals surface area contributed by atoms with Crippen molar-refractivity contribution in [1.29, 1.82) is 0 Å². The lowest BCUT2D eigenvalue weighted by Crippen LogP contribution is -2.05. The van der Waals surface area contributed by atoms with Gasteiger partial charge in [0.1, 0.15) is 23.1 Å². The molecule has 0 radical (unpaired) electrons. The summed E-state index contributed by atoms with van der Waals surface area (Å²) in [5.41, 5.74) is 2.97. The third-order valence-electron chi connectivity index (χ3n) is 6.00. The van der Waals surface area contributed by atoms with Crippen LogP contribution in [0, 0.1) is 11.6 Å². The number of hydrogen-bond acceptors (Lipinski definition) is 5. The molecule has 0 unspecified atom stereocenters. The largest absolute Gasteiger partial charge is 0.507 e. The van der Waals surface area contributed by atoms with Crippen LogP contribution in [0.5, 0.6) is 11.5 Å². The number of aliphatic carboxylic acids is 1. The van der Waals surface area contributed by atoms with Crippen molar-refractivity contribution in [3.8, 4) is 22.9 Å². The number of carboxylic acid groups (broad SMARTS) is 1. The number of aromatic nitrogens is 4. The quantitative estimate of drug-likeness (QED) is 0.189. The molecule has 0 bridgehead atoms. The molecule has 0 fully saturated rings. The Kier molecular flexibility index (Phi) is 8.31. The lowest BCUT2D eigenvalue weighted by Gasteiger charge is -2.10. The topological polar surface area (TPSA) is 102 Å². The van der Waals surface area contributed by atoms with Gasteiger partial charge in [-0.3, -0.25) is 4.79 Å². The Morgan fingerprint density at radius 1 is 0.756 bits per heavy atom. The van der Waals surface area contributed by atoms with E-state index in [4.69, 9.17) is 9.84 Å². The maximum Gasteiger partial charge on any atom is 0.306 e. The molecule has 0 spiro atoms. The third kappa shape index (κ3) is 6.08. The number of carboxylic acids is 1. The van der Waals surface area contributed by atoms with Crippen LogP contribution in [0.4, 0.5) is 8.78 Å². The van der Waals surface area contributed by atoms with Gasteiger partial charge in [-0.25, -0.2) is 18.1 Å². The number of rotatable bonds is 6. The van der Waals surface area contributed by atoms with Crippen LogP contribution in [-0.4, -0.2) is 42.4 Å². The van der Waals surface area contributed by atoms with E-state index in [2.05, 4.69) is 42.1 Å². The van der Waals surface area contributed by atoms with Crippen LogP contribution in [0.25, 0.3) is 33.2 Å². The first-order valence-corrected chi connectivity index (χ1v) is 13.7. The van der Waals surface area contributed by atoms with Crippen LogP contribution < -0.4 is 4.74 Å². The summed E-state index contributed by atoms with van der Waals surface area (Å²) in [6, 6.07) is 19.0. The van der Waals surface area contributed by atoms with E-state index in [-0.39, 0.29) is 30.4 Å². The Balaban J connectivity index is 0.000000169. The van der Waals surface area contributed by atoms with E-state index in [1.165, 1.54) is 24.3 Å². The van der Waals surface area contributed by atoms with Crippen molar-refractivity contribution < 1.29 is 28.5 Å². The molecule has 41 heavy (non-hydrogen) atoms. The molecule has 2 heterocycles. The van der Waals surface area contributed by atoms with Gasteiger partial charge in [-0.05, 0) is 105 Å². The van der Waals surface area contributed by atoms with Crippen LogP contribution >= 0.6 is 31.9 Å². The molecule has 0 aliphatic carbocycles. The molecule has 0 aliphatic heterocycles. The van der Waals surface area contributed by atoms with Crippen LogP contribution in [0.1, 0.15) is 6.42 Å². The highest BCUT2D eigenvalue weighted by Gasteiger charge is 2.14. The number of halogens is 4. The van der Waals surface area contributed by atoms with Crippen LogP contribution in [-0.2, 0) is 4.79 Å². The van der Waals surface area contributed by atoms with E-state index in [0.717, 1.165) is 27.5 Å². The maximum absolute atomic E-state index is 13.1. The van der Waals surface area contributed by atoms with Gasteiger partial charge in [0.15, 0.2) is 0 Å². The Morgan fingerprint density at radius 2 is 1.24 bits per heavy atom. The maximum atomic E-state index is 13.1. The fourth-order valence-electron chi connectivity index (χ4n) is 4.04. The Bertz CT molecular complexity index is 1860. The zero-order valence-corrected chi connectivity index (χ0v) is 24.2. The fraction of sp³-hybridized carbons (Fsp3) is 0.0690. The molecule has 0 saturated heterocycles. The van der Waals surface area contributed by atoms with Gasteiger partial charge in [-0.1, -0.05) is 0 Å². The Morgan fingerprint density at radius 3 is 1.76 bits per heavy atom. The molecule has 8 nitrogen and oxygen atoms in total. The van der Waals surface area contributed by atoms with Gasteiger partial charge in [0.25, 0.3) is 0 Å². The smallest absolute Gasteiger partial charge is 0.306 e. The molecule has 0 amide bonds. The number of benzene rings is 4. The number of hydrogen-bond donors (Lipinski definition) is 2. The van der Waals surface area contributed by atoms with Gasteiger partial charge >= 0.3 is 5.97 Å². The van der Waals surface area contributed by atoms with Crippen molar-refractivity contribution >= 4 is 59.6 Å². The molecule has 4 aromatic carbocycles. The van der Waals surface area contributed by atoms with Crippen molar-refractivity contribution in [3.63, 3.8) is 0 Å². The predicted molar refractivity (Wildman–Crippen MR) is 157 cm³/mol. The second-order valence-electron chi connectivity index (χ2n) is 8.71. The monoisotopic (exact) mass is 684 g/mol. The van der Waals surface area contributed by atoms with Crippen molar-refractivity contribution in [2.24, 2.45) is 0 Å². The van der Waals surface area contributed by atoms with Gasteiger partial charge in [-0.2, -0.15) is 10.2 Å². The second-order valence-corrected chi connectivity index (χ2v) is 10.3. The molecular weight excluding hydrogens is 666 g/mol. The van der Waals surface area contributed by atoms with E-state index < -0.39 is 5.97 Å². The summed E-state index contributed by atoms with van der Waals surface area (Å²) in [6.07, 6.45) is 3.31. The van der Waals surface area contributed by atoms with E-state index in [1.807, 2.05) is 6.07 Å².